The molecule has 1 aromatic heterocycles. The minimum atomic E-state index is -0.991. The topological polar surface area (TPSA) is 71.5 Å². The summed E-state index contributed by atoms with van der Waals surface area (Å²) in [4.78, 5) is 15.8. The zero-order valence-corrected chi connectivity index (χ0v) is 17.7. The van der Waals surface area contributed by atoms with E-state index in [0.717, 1.165) is 15.6 Å². The first-order valence-electron chi connectivity index (χ1n) is 9.09. The van der Waals surface area contributed by atoms with E-state index in [1.54, 1.807) is 17.4 Å². The molecule has 1 heterocycles. The van der Waals surface area contributed by atoms with E-state index in [9.17, 15) is 4.79 Å². The number of aromatic nitrogens is 1. The lowest BCUT2D eigenvalue weighted by atomic mass is 10.0. The summed E-state index contributed by atoms with van der Waals surface area (Å²) in [7, 11) is 1.51. The summed E-state index contributed by atoms with van der Waals surface area (Å²) in [6.45, 7) is 0. The van der Waals surface area contributed by atoms with Gasteiger partial charge in [0.2, 0.25) is 0 Å². The highest BCUT2D eigenvalue weighted by Crippen LogP contribution is 2.33. The normalized spacial score (nSPS) is 10.6. The van der Waals surface area contributed by atoms with Crippen molar-refractivity contribution in [2.45, 2.75) is 5.03 Å². The molecule has 0 aliphatic rings. The Balaban J connectivity index is 1.45. The third-order valence-corrected chi connectivity index (χ3v) is 6.22. The number of carboxylic acid groups (broad SMARTS) is 1. The van der Waals surface area contributed by atoms with Crippen LogP contribution in [-0.2, 0) is 0 Å². The first-order chi connectivity index (χ1) is 14.6. The van der Waals surface area contributed by atoms with E-state index in [4.69, 9.17) is 9.84 Å². The number of ether oxygens (including phenoxy) is 1. The molecule has 0 saturated heterocycles. The molecule has 0 fully saturated rings. The van der Waals surface area contributed by atoms with Crippen LogP contribution < -0.4 is 9.46 Å². The second-order valence-corrected chi connectivity index (χ2v) is 8.04. The average molecular weight is 435 g/mol. The molecule has 0 saturated carbocycles. The lowest BCUT2D eigenvalue weighted by Crippen LogP contribution is -1.99. The van der Waals surface area contributed by atoms with Crippen LogP contribution in [0.1, 0.15) is 10.4 Å². The highest BCUT2D eigenvalue weighted by Gasteiger charge is 2.11. The van der Waals surface area contributed by atoms with Crippen molar-refractivity contribution in [1.29, 1.82) is 0 Å². The summed E-state index contributed by atoms with van der Waals surface area (Å²) in [5, 5.41) is 12.9. The van der Waals surface area contributed by atoms with E-state index >= 15 is 0 Å². The Morgan fingerprint density at radius 3 is 2.40 bits per heavy atom. The van der Waals surface area contributed by atoms with Gasteiger partial charge in [0, 0.05) is 22.9 Å². The summed E-state index contributed by atoms with van der Waals surface area (Å²) in [5.41, 5.74) is 4.29. The van der Waals surface area contributed by atoms with Crippen molar-refractivity contribution in [1.82, 2.24) is 4.98 Å². The van der Waals surface area contributed by atoms with E-state index in [1.807, 2.05) is 23.6 Å². The van der Waals surface area contributed by atoms with E-state index in [0.29, 0.717) is 11.4 Å². The molecule has 4 aromatic rings. The number of anilines is 1. The number of nitrogens with zero attached hydrogens (tertiary/aromatic N) is 1. The molecule has 3 aromatic carbocycles. The highest BCUT2D eigenvalue weighted by molar-refractivity contribution is 8.00. The highest BCUT2D eigenvalue weighted by atomic mass is 32.2. The van der Waals surface area contributed by atoms with Crippen molar-refractivity contribution >= 4 is 34.9 Å². The molecule has 5 nitrogen and oxygen atoms in total. The monoisotopic (exact) mass is 434 g/mol. The van der Waals surface area contributed by atoms with Crippen LogP contribution in [0.4, 0.5) is 5.69 Å². The number of nitrogens with one attached hydrogen (secondary N) is 1. The lowest BCUT2D eigenvalue weighted by Gasteiger charge is -2.10. The Morgan fingerprint density at radius 1 is 1.00 bits per heavy atom. The minimum absolute atomic E-state index is 0.178. The van der Waals surface area contributed by atoms with Crippen molar-refractivity contribution in [2.24, 2.45) is 0 Å². The van der Waals surface area contributed by atoms with Crippen LogP contribution in [0.5, 0.6) is 5.75 Å². The molecule has 0 aliphatic heterocycles. The summed E-state index contributed by atoms with van der Waals surface area (Å²) in [6, 6.07) is 23.3. The van der Waals surface area contributed by atoms with Gasteiger partial charge in [-0.15, -0.1) is 11.3 Å². The number of rotatable bonds is 7. The molecule has 0 unspecified atom stereocenters. The van der Waals surface area contributed by atoms with Gasteiger partial charge in [0.15, 0.2) is 0 Å². The lowest BCUT2D eigenvalue weighted by molar-refractivity contribution is 0.0696. The van der Waals surface area contributed by atoms with Crippen LogP contribution >= 0.6 is 23.3 Å². The molecule has 4 rings (SSSR count). The molecule has 2 N–H and O–H groups in total. The molecule has 0 aliphatic carbocycles. The van der Waals surface area contributed by atoms with Crippen molar-refractivity contribution in [3.63, 3.8) is 0 Å². The second-order valence-electron chi connectivity index (χ2n) is 6.36. The fourth-order valence-electron chi connectivity index (χ4n) is 2.89. The molecule has 0 bridgehead atoms. The van der Waals surface area contributed by atoms with Crippen LogP contribution in [0.2, 0.25) is 0 Å². The van der Waals surface area contributed by atoms with Crippen molar-refractivity contribution < 1.29 is 14.6 Å². The van der Waals surface area contributed by atoms with Gasteiger partial charge in [-0.1, -0.05) is 54.6 Å². The van der Waals surface area contributed by atoms with Crippen molar-refractivity contribution in [3.05, 3.63) is 83.7 Å². The molecule has 0 radical (unpaired) electrons. The van der Waals surface area contributed by atoms with Gasteiger partial charge >= 0.3 is 5.97 Å². The number of carbonyl (C=O) groups is 1. The van der Waals surface area contributed by atoms with E-state index in [2.05, 4.69) is 46.1 Å². The van der Waals surface area contributed by atoms with Crippen LogP contribution in [0.25, 0.3) is 21.7 Å². The van der Waals surface area contributed by atoms with E-state index in [1.165, 1.54) is 42.3 Å². The quantitative estimate of drug-likeness (QED) is 0.333. The first-order valence-corrected chi connectivity index (χ1v) is 10.8. The van der Waals surface area contributed by atoms with Crippen LogP contribution in [0.15, 0.2) is 83.2 Å². The first kappa shape index (κ1) is 20.0. The molecule has 0 spiro atoms. The fraction of sp³-hybridized carbons (Fsp3) is 0.0435. The fourth-order valence-corrected chi connectivity index (χ4v) is 4.49. The molecule has 7 heteroatoms. The largest absolute Gasteiger partial charge is 0.495 e. The summed E-state index contributed by atoms with van der Waals surface area (Å²) in [5.74, 6) is -0.524. The SMILES string of the molecule is COc1cc(C(=O)O)ccc1NSc1csc(-c2ccc(-c3ccccc3)cc2)n1. The third kappa shape index (κ3) is 4.48. The molecule has 0 amide bonds. The Kier molecular flexibility index (Phi) is 6.02. The number of benzene rings is 3. The summed E-state index contributed by atoms with van der Waals surface area (Å²) < 4.78 is 8.47. The summed E-state index contributed by atoms with van der Waals surface area (Å²) in [6.07, 6.45) is 0. The van der Waals surface area contributed by atoms with Crippen molar-refractivity contribution in [2.75, 3.05) is 11.8 Å². The molecule has 0 atom stereocenters. The summed E-state index contributed by atoms with van der Waals surface area (Å²) >= 11 is 2.93. The van der Waals surface area contributed by atoms with Gasteiger partial charge in [-0.2, -0.15) is 0 Å². The van der Waals surface area contributed by atoms with E-state index < -0.39 is 5.97 Å². The van der Waals surface area contributed by atoms with E-state index in [-0.39, 0.29) is 5.56 Å². The van der Waals surface area contributed by atoms with Gasteiger partial charge in [-0.05, 0) is 29.3 Å². The molecule has 150 valence electrons. The van der Waals surface area contributed by atoms with Gasteiger partial charge in [0.25, 0.3) is 0 Å². The number of methoxy groups -OCH3 is 1. The number of carboxylic acids is 1. The Bertz CT molecular complexity index is 1160. The number of aromatic carboxylic acids is 1. The Hall–Kier alpha value is -3.29. The molecular formula is C23H18N2O3S2. The predicted octanol–water partition coefficient (Wildman–Crippen LogP) is 6.30. The zero-order valence-electron chi connectivity index (χ0n) is 16.0. The maximum atomic E-state index is 11.1. The van der Waals surface area contributed by atoms with Gasteiger partial charge in [-0.3, -0.25) is 0 Å². The van der Waals surface area contributed by atoms with Gasteiger partial charge < -0.3 is 14.6 Å². The van der Waals surface area contributed by atoms with Gasteiger partial charge in [0.1, 0.15) is 15.8 Å². The van der Waals surface area contributed by atoms with Gasteiger partial charge in [0.05, 0.1) is 18.4 Å². The smallest absolute Gasteiger partial charge is 0.335 e. The Labute approximate surface area is 182 Å². The van der Waals surface area contributed by atoms with Crippen LogP contribution in [0, 0.1) is 0 Å². The third-order valence-electron chi connectivity index (χ3n) is 4.44. The molecule has 30 heavy (non-hydrogen) atoms. The average Bonchev–Trinajstić information content (AvgIpc) is 3.27. The standard InChI is InChI=1S/C23H18N2O3S2/c1-28-20-13-18(23(26)27)11-12-19(20)25-30-21-14-29-22(24-21)17-9-7-16(8-10-17)15-5-3-2-4-6-15/h2-14,25H,1H3,(H,26,27). The maximum absolute atomic E-state index is 11.1. The van der Waals surface area contributed by atoms with Crippen LogP contribution in [0.3, 0.4) is 0 Å². The minimum Gasteiger partial charge on any atom is -0.495 e. The number of thiazole rings is 1. The van der Waals surface area contributed by atoms with Crippen LogP contribution in [-0.4, -0.2) is 23.2 Å². The van der Waals surface area contributed by atoms with Crippen molar-refractivity contribution in [3.8, 4) is 27.4 Å². The predicted molar refractivity (Wildman–Crippen MR) is 122 cm³/mol. The number of hydrogen-bond donors (Lipinski definition) is 2. The maximum Gasteiger partial charge on any atom is 0.335 e. The van der Waals surface area contributed by atoms with Gasteiger partial charge in [-0.25, -0.2) is 9.78 Å². The second kappa shape index (κ2) is 9.02. The number of hydrogen-bond acceptors (Lipinski definition) is 6. The Morgan fingerprint density at radius 2 is 1.70 bits per heavy atom. The molecular weight excluding hydrogens is 416 g/mol. The zero-order chi connectivity index (χ0) is 20.9.